The van der Waals surface area contributed by atoms with Crippen LogP contribution in [-0.4, -0.2) is 14.1 Å². The van der Waals surface area contributed by atoms with E-state index < -0.39 is 28.7 Å². The smallest absolute Gasteiger partial charge is 0.259 e. The van der Waals surface area contributed by atoms with E-state index in [1.165, 1.54) is 48.5 Å². The van der Waals surface area contributed by atoms with Crippen LogP contribution in [0.15, 0.2) is 62.9 Å². The fourth-order valence-electron chi connectivity index (χ4n) is 2.37. The van der Waals surface area contributed by atoms with Gasteiger partial charge in [0, 0.05) is 0 Å². The molecule has 0 radical (unpaired) electrons. The first-order chi connectivity index (χ1) is 11.9. The van der Waals surface area contributed by atoms with Gasteiger partial charge in [-0.15, -0.1) is 0 Å². The number of rotatable bonds is 4. The molecule has 0 saturated heterocycles. The molecular formula is C17H13F2N3O3. The summed E-state index contributed by atoms with van der Waals surface area (Å²) in [6.45, 7) is -0.226. The largest absolute Gasteiger partial charge is 0.336 e. The van der Waals surface area contributed by atoms with Gasteiger partial charge in [0.15, 0.2) is 0 Å². The minimum atomic E-state index is -0.852. The highest BCUT2D eigenvalue weighted by Crippen LogP contribution is 2.04. The van der Waals surface area contributed by atoms with Crippen molar-refractivity contribution in [2.24, 2.45) is 0 Å². The maximum absolute atomic E-state index is 13.0. The number of H-pyrrole nitrogens is 1. The number of hydrogen-bond acceptors (Lipinski definition) is 3. The highest BCUT2D eigenvalue weighted by atomic mass is 19.1. The first-order valence-corrected chi connectivity index (χ1v) is 7.37. The molecule has 3 aromatic rings. The molecule has 0 aliphatic heterocycles. The molecule has 0 atom stereocenters. The lowest BCUT2D eigenvalue weighted by Gasteiger charge is -2.09. The van der Waals surface area contributed by atoms with E-state index in [1.54, 1.807) is 0 Å². The van der Waals surface area contributed by atoms with Crippen molar-refractivity contribution < 1.29 is 8.78 Å². The summed E-state index contributed by atoms with van der Waals surface area (Å²) in [7, 11) is 0. The van der Waals surface area contributed by atoms with E-state index in [2.05, 4.69) is 4.98 Å². The SMILES string of the molecule is O=c1[nH]c(=O)n(Cc2ccc(F)cc2)c(=O)n1Cc1ccc(F)cc1. The van der Waals surface area contributed by atoms with Crippen molar-refractivity contribution in [1.29, 1.82) is 0 Å². The molecule has 6 nitrogen and oxygen atoms in total. The van der Waals surface area contributed by atoms with Crippen molar-refractivity contribution >= 4 is 0 Å². The van der Waals surface area contributed by atoms with Crippen LogP contribution in [0.25, 0.3) is 0 Å². The van der Waals surface area contributed by atoms with Crippen LogP contribution in [0.3, 0.4) is 0 Å². The molecule has 0 fully saturated rings. The molecule has 0 aliphatic rings. The van der Waals surface area contributed by atoms with Gasteiger partial charge in [-0.1, -0.05) is 24.3 Å². The standard InChI is InChI=1S/C17H13F2N3O3/c18-13-5-1-11(2-6-13)9-21-15(23)20-16(24)22(17(21)25)10-12-3-7-14(19)8-4-12/h1-8H,9-10H2,(H,20,23,24). The number of nitrogens with zero attached hydrogens (tertiary/aromatic N) is 2. The molecule has 8 heteroatoms. The third-order valence-electron chi connectivity index (χ3n) is 3.67. The Kier molecular flexibility index (Phi) is 4.42. The predicted molar refractivity (Wildman–Crippen MR) is 86.6 cm³/mol. The second-order valence-corrected chi connectivity index (χ2v) is 5.44. The maximum Gasteiger partial charge on any atom is 0.336 e. The van der Waals surface area contributed by atoms with Crippen LogP contribution in [0.4, 0.5) is 8.78 Å². The first kappa shape index (κ1) is 16.6. The quantitative estimate of drug-likeness (QED) is 0.769. The molecule has 0 bridgehead atoms. The van der Waals surface area contributed by atoms with Crippen LogP contribution in [0, 0.1) is 11.6 Å². The van der Waals surface area contributed by atoms with E-state index in [4.69, 9.17) is 0 Å². The van der Waals surface area contributed by atoms with Gasteiger partial charge in [0.25, 0.3) is 0 Å². The molecule has 1 N–H and O–H groups in total. The summed E-state index contributed by atoms with van der Waals surface area (Å²) in [6, 6.07) is 10.6. The van der Waals surface area contributed by atoms with Crippen LogP contribution in [0.2, 0.25) is 0 Å². The number of aromatic nitrogens is 3. The lowest BCUT2D eigenvalue weighted by atomic mass is 10.2. The van der Waals surface area contributed by atoms with E-state index in [0.29, 0.717) is 11.1 Å². The monoisotopic (exact) mass is 345 g/mol. The summed E-state index contributed by atoms with van der Waals surface area (Å²) in [4.78, 5) is 38.5. The molecule has 1 heterocycles. The molecule has 128 valence electrons. The summed E-state index contributed by atoms with van der Waals surface area (Å²) in [6.07, 6.45) is 0. The Hall–Kier alpha value is -3.29. The molecule has 0 aliphatic carbocycles. The molecule has 3 rings (SSSR count). The van der Waals surface area contributed by atoms with Gasteiger partial charge >= 0.3 is 17.1 Å². The molecule has 2 aromatic carbocycles. The molecule has 25 heavy (non-hydrogen) atoms. The van der Waals surface area contributed by atoms with Crippen molar-refractivity contribution in [2.45, 2.75) is 13.1 Å². The highest BCUT2D eigenvalue weighted by molar-refractivity contribution is 5.17. The van der Waals surface area contributed by atoms with Gasteiger partial charge < -0.3 is 0 Å². The molecule has 0 spiro atoms. The lowest BCUT2D eigenvalue weighted by molar-refractivity contribution is 0.558. The number of halogens is 2. The van der Waals surface area contributed by atoms with Gasteiger partial charge in [-0.3, -0.25) is 4.98 Å². The summed E-state index contributed by atoms with van der Waals surface area (Å²) in [5, 5.41) is 0. The Morgan fingerprint density at radius 2 is 1.04 bits per heavy atom. The van der Waals surface area contributed by atoms with Gasteiger partial charge in [0.2, 0.25) is 0 Å². The second kappa shape index (κ2) is 6.68. The van der Waals surface area contributed by atoms with E-state index in [9.17, 15) is 23.2 Å². The van der Waals surface area contributed by atoms with Gasteiger partial charge in [0.1, 0.15) is 11.6 Å². The predicted octanol–water partition coefficient (Wildman–Crippen LogP) is 1.07. The average molecular weight is 345 g/mol. The Bertz CT molecular complexity index is 982. The van der Waals surface area contributed by atoms with Gasteiger partial charge in [0.05, 0.1) is 13.1 Å². The molecule has 0 amide bonds. The summed E-state index contributed by atoms with van der Waals surface area (Å²) >= 11 is 0. The lowest BCUT2D eigenvalue weighted by Crippen LogP contribution is -2.49. The van der Waals surface area contributed by atoms with Gasteiger partial charge in [-0.2, -0.15) is 0 Å². The topological polar surface area (TPSA) is 76.9 Å². The van der Waals surface area contributed by atoms with Gasteiger partial charge in [-0.25, -0.2) is 32.3 Å². The summed E-state index contributed by atoms with van der Waals surface area (Å²) in [5.74, 6) is -0.877. The third-order valence-corrected chi connectivity index (χ3v) is 3.67. The number of aromatic amines is 1. The van der Waals surface area contributed by atoms with E-state index in [-0.39, 0.29) is 13.1 Å². The van der Waals surface area contributed by atoms with Crippen LogP contribution >= 0.6 is 0 Å². The zero-order valence-corrected chi connectivity index (χ0v) is 12.9. The molecule has 0 saturated carbocycles. The zero-order chi connectivity index (χ0) is 18.0. The van der Waals surface area contributed by atoms with Crippen molar-refractivity contribution in [3.63, 3.8) is 0 Å². The van der Waals surface area contributed by atoms with Crippen LogP contribution < -0.4 is 17.1 Å². The first-order valence-electron chi connectivity index (χ1n) is 7.37. The molecule has 1 aromatic heterocycles. The number of benzene rings is 2. The van der Waals surface area contributed by atoms with E-state index in [1.807, 2.05) is 0 Å². The molecular weight excluding hydrogens is 332 g/mol. The van der Waals surface area contributed by atoms with Crippen molar-refractivity contribution in [3.05, 3.63) is 103 Å². The summed E-state index contributed by atoms with van der Waals surface area (Å²) in [5.41, 5.74) is -1.45. The Labute approximate surface area is 139 Å². The van der Waals surface area contributed by atoms with Crippen LogP contribution in [-0.2, 0) is 13.1 Å². The zero-order valence-electron chi connectivity index (χ0n) is 12.9. The Balaban J connectivity index is 2.01. The minimum Gasteiger partial charge on any atom is -0.259 e. The normalized spacial score (nSPS) is 10.8. The number of nitrogens with one attached hydrogen (secondary N) is 1. The summed E-state index contributed by atoms with van der Waals surface area (Å²) < 4.78 is 27.6. The average Bonchev–Trinajstić information content (AvgIpc) is 2.59. The van der Waals surface area contributed by atoms with Crippen LogP contribution in [0.5, 0.6) is 0 Å². The van der Waals surface area contributed by atoms with Crippen molar-refractivity contribution in [2.75, 3.05) is 0 Å². The fourth-order valence-corrected chi connectivity index (χ4v) is 2.37. The van der Waals surface area contributed by atoms with Crippen molar-refractivity contribution in [3.8, 4) is 0 Å². The second-order valence-electron chi connectivity index (χ2n) is 5.44. The maximum atomic E-state index is 13.0. The third kappa shape index (κ3) is 3.63. The van der Waals surface area contributed by atoms with Gasteiger partial charge in [-0.05, 0) is 35.4 Å². The van der Waals surface area contributed by atoms with Crippen LogP contribution in [0.1, 0.15) is 11.1 Å². The van der Waals surface area contributed by atoms with E-state index >= 15 is 0 Å². The Morgan fingerprint density at radius 1 is 0.680 bits per heavy atom. The highest BCUT2D eigenvalue weighted by Gasteiger charge is 2.11. The fraction of sp³-hybridized carbons (Fsp3) is 0.118. The Morgan fingerprint density at radius 3 is 1.40 bits per heavy atom. The van der Waals surface area contributed by atoms with E-state index in [0.717, 1.165) is 9.13 Å². The molecule has 0 unspecified atom stereocenters. The number of hydrogen-bond donors (Lipinski definition) is 1. The minimum absolute atomic E-state index is 0.113. The van der Waals surface area contributed by atoms with Crippen molar-refractivity contribution in [1.82, 2.24) is 14.1 Å².